The molecule has 94 valence electrons. The molecule has 1 aliphatic carbocycles. The van der Waals surface area contributed by atoms with Crippen LogP contribution in [0.3, 0.4) is 0 Å². The van der Waals surface area contributed by atoms with Gasteiger partial charge in [-0.25, -0.2) is 4.98 Å². The molecule has 1 N–H and O–H groups in total. The number of rotatable bonds is 1. The van der Waals surface area contributed by atoms with Crippen LogP contribution >= 0.6 is 23.7 Å². The van der Waals surface area contributed by atoms with Gasteiger partial charge in [-0.2, -0.15) is 0 Å². The highest BCUT2D eigenvalue weighted by Gasteiger charge is 2.27. The zero-order chi connectivity index (χ0) is 11.8. The van der Waals surface area contributed by atoms with Crippen LogP contribution in [0.5, 0.6) is 0 Å². The normalized spacial score (nSPS) is 18.1. The quantitative estimate of drug-likeness (QED) is 0.870. The van der Waals surface area contributed by atoms with Gasteiger partial charge in [0.05, 0.1) is 10.7 Å². The molecular weight excluding hydrogens is 266 g/mol. The smallest absolute Gasteiger partial charge is 0.0963 e. The summed E-state index contributed by atoms with van der Waals surface area (Å²) in [6, 6.07) is 1.98. The first-order chi connectivity index (χ1) is 8.25. The largest absolute Gasteiger partial charge is 0.305 e. The summed E-state index contributed by atoms with van der Waals surface area (Å²) < 4.78 is 0. The lowest BCUT2D eigenvalue weighted by molar-refractivity contribution is 0.672. The molecular formula is C13H14ClN3S. The summed E-state index contributed by atoms with van der Waals surface area (Å²) in [6.07, 6.45) is 5.37. The van der Waals surface area contributed by atoms with E-state index in [1.165, 1.54) is 0 Å². The van der Waals surface area contributed by atoms with Gasteiger partial charge >= 0.3 is 0 Å². The summed E-state index contributed by atoms with van der Waals surface area (Å²) in [4.78, 5) is 8.79. The van der Waals surface area contributed by atoms with Crippen LogP contribution < -0.4 is 0 Å². The van der Waals surface area contributed by atoms with E-state index in [1.807, 2.05) is 23.8 Å². The van der Waals surface area contributed by atoms with Crippen LogP contribution in [0.2, 0.25) is 0 Å². The minimum atomic E-state index is 0. The second kappa shape index (κ2) is 5.16. The second-order valence-electron chi connectivity index (χ2n) is 4.40. The van der Waals surface area contributed by atoms with E-state index in [-0.39, 0.29) is 12.4 Å². The van der Waals surface area contributed by atoms with Gasteiger partial charge in [-0.3, -0.25) is 4.98 Å². The number of aromatic nitrogens is 2. The number of hydrogen-bond donors (Lipinski definition) is 1. The molecule has 0 saturated carbocycles. The van der Waals surface area contributed by atoms with E-state index in [4.69, 9.17) is 5.41 Å². The minimum absolute atomic E-state index is 0. The van der Waals surface area contributed by atoms with Gasteiger partial charge in [-0.15, -0.1) is 23.7 Å². The number of halogens is 1. The number of nitrogens with one attached hydrogen (secondary N) is 1. The van der Waals surface area contributed by atoms with E-state index in [2.05, 4.69) is 16.9 Å². The Kier molecular flexibility index (Phi) is 3.78. The zero-order valence-electron chi connectivity index (χ0n) is 10.0. The van der Waals surface area contributed by atoms with E-state index in [0.29, 0.717) is 11.6 Å². The van der Waals surface area contributed by atoms with Crippen LogP contribution in [0.25, 0.3) is 0 Å². The van der Waals surface area contributed by atoms with Gasteiger partial charge in [0, 0.05) is 35.0 Å². The summed E-state index contributed by atoms with van der Waals surface area (Å²) in [6.45, 7) is 2.05. The molecule has 3 nitrogen and oxygen atoms in total. The SMILES string of the molecule is Cc1ccnc2c1C(=N)CC(c1nccs1)C2.Cl. The number of fused-ring (bicyclic) bond motifs is 1. The molecule has 2 aromatic rings. The van der Waals surface area contributed by atoms with Crippen molar-refractivity contribution in [1.82, 2.24) is 9.97 Å². The predicted octanol–water partition coefficient (Wildman–Crippen LogP) is 3.37. The van der Waals surface area contributed by atoms with Crippen LogP contribution in [0.15, 0.2) is 23.8 Å². The molecule has 0 fully saturated rings. The highest BCUT2D eigenvalue weighted by Crippen LogP contribution is 2.33. The van der Waals surface area contributed by atoms with Gasteiger partial charge in [-0.1, -0.05) is 0 Å². The van der Waals surface area contributed by atoms with Crippen molar-refractivity contribution in [3.63, 3.8) is 0 Å². The third kappa shape index (κ3) is 2.18. The van der Waals surface area contributed by atoms with Crippen molar-refractivity contribution in [2.45, 2.75) is 25.7 Å². The van der Waals surface area contributed by atoms with Gasteiger partial charge < -0.3 is 5.41 Å². The van der Waals surface area contributed by atoms with Crippen molar-refractivity contribution in [3.8, 4) is 0 Å². The Bertz CT molecular complexity index is 566. The Morgan fingerprint density at radius 2 is 2.11 bits per heavy atom. The van der Waals surface area contributed by atoms with Crippen LogP contribution in [-0.4, -0.2) is 15.7 Å². The first-order valence-corrected chi connectivity index (χ1v) is 6.55. The molecule has 0 spiro atoms. The molecule has 0 bridgehead atoms. The highest BCUT2D eigenvalue weighted by molar-refractivity contribution is 7.09. The molecule has 2 aromatic heterocycles. The minimum Gasteiger partial charge on any atom is -0.305 e. The van der Waals surface area contributed by atoms with Crippen molar-refractivity contribution >= 4 is 29.5 Å². The monoisotopic (exact) mass is 279 g/mol. The van der Waals surface area contributed by atoms with Crippen LogP contribution in [0.4, 0.5) is 0 Å². The van der Waals surface area contributed by atoms with Crippen LogP contribution in [0, 0.1) is 12.3 Å². The maximum absolute atomic E-state index is 8.18. The fraction of sp³-hybridized carbons (Fsp3) is 0.308. The van der Waals surface area contributed by atoms with Crippen molar-refractivity contribution in [2.75, 3.05) is 0 Å². The Labute approximate surface area is 116 Å². The van der Waals surface area contributed by atoms with Crippen molar-refractivity contribution in [3.05, 3.63) is 45.7 Å². The Morgan fingerprint density at radius 3 is 2.83 bits per heavy atom. The fourth-order valence-electron chi connectivity index (χ4n) is 2.45. The van der Waals surface area contributed by atoms with Crippen molar-refractivity contribution in [2.24, 2.45) is 0 Å². The molecule has 1 atom stereocenters. The summed E-state index contributed by atoms with van der Waals surface area (Å²) in [5.74, 6) is 0.337. The first kappa shape index (κ1) is 13.2. The van der Waals surface area contributed by atoms with Gasteiger partial charge in [0.1, 0.15) is 0 Å². The molecule has 0 amide bonds. The molecule has 0 radical (unpaired) electrons. The third-order valence-corrected chi connectivity index (χ3v) is 4.17. The lowest BCUT2D eigenvalue weighted by atomic mass is 9.84. The van der Waals surface area contributed by atoms with Gasteiger partial charge in [-0.05, 0) is 31.4 Å². The molecule has 18 heavy (non-hydrogen) atoms. The molecule has 1 aliphatic rings. The maximum atomic E-state index is 8.18. The third-order valence-electron chi connectivity index (χ3n) is 3.23. The molecule has 5 heteroatoms. The molecule has 2 heterocycles. The first-order valence-electron chi connectivity index (χ1n) is 5.67. The number of hydrogen-bond acceptors (Lipinski definition) is 4. The second-order valence-corrected chi connectivity index (χ2v) is 5.33. The number of nitrogens with zero attached hydrogens (tertiary/aromatic N) is 2. The lowest BCUT2D eigenvalue weighted by Crippen LogP contribution is -2.21. The van der Waals surface area contributed by atoms with E-state index < -0.39 is 0 Å². The standard InChI is InChI=1S/C13H13N3S.ClH/c1-8-2-3-15-11-7-9(6-10(14)12(8)11)13-16-4-5-17-13;/h2-5,9,14H,6-7H2,1H3;1H. The molecule has 1 unspecified atom stereocenters. The van der Waals surface area contributed by atoms with Gasteiger partial charge in [0.25, 0.3) is 0 Å². The average molecular weight is 280 g/mol. The van der Waals surface area contributed by atoms with Crippen molar-refractivity contribution < 1.29 is 0 Å². The summed E-state index contributed by atoms with van der Waals surface area (Å²) in [5, 5.41) is 11.3. The number of pyridine rings is 1. The van der Waals surface area contributed by atoms with Crippen LogP contribution in [0.1, 0.15) is 34.2 Å². The van der Waals surface area contributed by atoms with E-state index >= 15 is 0 Å². The van der Waals surface area contributed by atoms with E-state index in [0.717, 1.165) is 34.7 Å². The van der Waals surface area contributed by atoms with E-state index in [9.17, 15) is 0 Å². The molecule has 3 rings (SSSR count). The Morgan fingerprint density at radius 1 is 1.28 bits per heavy atom. The summed E-state index contributed by atoms with van der Waals surface area (Å²) in [7, 11) is 0. The summed E-state index contributed by atoms with van der Waals surface area (Å²) >= 11 is 1.67. The van der Waals surface area contributed by atoms with Crippen LogP contribution in [-0.2, 0) is 6.42 Å². The number of thiazole rings is 1. The van der Waals surface area contributed by atoms with E-state index in [1.54, 1.807) is 11.3 Å². The molecule has 0 aromatic carbocycles. The number of aryl methyl sites for hydroxylation is 1. The molecule has 0 saturated heterocycles. The highest BCUT2D eigenvalue weighted by atomic mass is 35.5. The maximum Gasteiger partial charge on any atom is 0.0963 e. The fourth-order valence-corrected chi connectivity index (χ4v) is 3.19. The van der Waals surface area contributed by atoms with Gasteiger partial charge in [0.15, 0.2) is 0 Å². The summed E-state index contributed by atoms with van der Waals surface area (Å²) in [5.41, 5.74) is 3.98. The lowest BCUT2D eigenvalue weighted by Gasteiger charge is -2.24. The van der Waals surface area contributed by atoms with Gasteiger partial charge in [0.2, 0.25) is 0 Å². The Hall–Kier alpha value is -1.26. The topological polar surface area (TPSA) is 49.6 Å². The molecule has 0 aliphatic heterocycles. The predicted molar refractivity (Wildman–Crippen MR) is 76.2 cm³/mol. The Balaban J connectivity index is 0.00000120. The van der Waals surface area contributed by atoms with Crippen molar-refractivity contribution in [1.29, 1.82) is 5.41 Å². The average Bonchev–Trinajstić information content (AvgIpc) is 2.81. The zero-order valence-corrected chi connectivity index (χ0v) is 11.6.